The van der Waals surface area contributed by atoms with E-state index in [9.17, 15) is 35.9 Å². The van der Waals surface area contributed by atoms with Gasteiger partial charge >= 0.3 is 24.3 Å². The van der Waals surface area contributed by atoms with E-state index in [1.54, 1.807) is 0 Å². The van der Waals surface area contributed by atoms with Crippen LogP contribution in [0.25, 0.3) is 0 Å². The zero-order valence-electron chi connectivity index (χ0n) is 14.4. The Labute approximate surface area is 154 Å². The van der Waals surface area contributed by atoms with Crippen molar-refractivity contribution in [3.63, 3.8) is 0 Å². The maximum Gasteiger partial charge on any atom is 0.416 e. The van der Waals surface area contributed by atoms with E-state index in [4.69, 9.17) is 4.74 Å². The van der Waals surface area contributed by atoms with Crippen LogP contribution in [0.15, 0.2) is 29.5 Å². The van der Waals surface area contributed by atoms with E-state index in [2.05, 4.69) is 9.47 Å². The number of nitrogens with zero attached hydrogens (tertiary/aromatic N) is 1. The predicted octanol–water partition coefficient (Wildman–Crippen LogP) is 3.12. The zero-order chi connectivity index (χ0) is 21.3. The minimum atomic E-state index is -5.09. The number of hydrogen-bond donors (Lipinski definition) is 0. The molecule has 0 unspecified atom stereocenters. The highest BCUT2D eigenvalue weighted by molar-refractivity contribution is 6.03. The molecule has 0 radical (unpaired) electrons. The van der Waals surface area contributed by atoms with Gasteiger partial charge in [0.25, 0.3) is 0 Å². The Balaban J connectivity index is 2.73. The second kappa shape index (κ2) is 7.70. The van der Waals surface area contributed by atoms with Gasteiger partial charge in [0, 0.05) is 5.69 Å². The number of carbonyl (C=O) groups is 2. The van der Waals surface area contributed by atoms with Crippen LogP contribution in [-0.4, -0.2) is 39.5 Å². The topological polar surface area (TPSA) is 65.1 Å². The van der Waals surface area contributed by atoms with Gasteiger partial charge in [-0.1, -0.05) is 0 Å². The normalized spacial score (nSPS) is 15.5. The average Bonchev–Trinajstić information content (AvgIpc) is 2.64. The number of hydrogen-bond acceptors (Lipinski definition) is 6. The molecule has 0 saturated carbocycles. The quantitative estimate of drug-likeness (QED) is 0.561. The molecule has 1 aromatic rings. The Bertz CT molecular complexity index is 782. The fourth-order valence-corrected chi connectivity index (χ4v) is 2.44. The standard InChI is InChI=1S/C16H13F6NO5/c1-26-13(24)11-6-28-7-23(12(11)14(25)27-2)10-4-8(15(17,18)19)3-9(5-10)16(20,21)22/h3-5H,6-7H2,1-2H3. The van der Waals surface area contributed by atoms with E-state index in [0.29, 0.717) is 17.0 Å². The minimum absolute atomic E-state index is 0.0585. The number of alkyl halides is 6. The second-order valence-electron chi connectivity index (χ2n) is 5.48. The lowest BCUT2D eigenvalue weighted by Crippen LogP contribution is -2.39. The molecule has 2 rings (SSSR count). The summed E-state index contributed by atoms with van der Waals surface area (Å²) in [4.78, 5) is 24.7. The summed E-state index contributed by atoms with van der Waals surface area (Å²) in [6, 6.07) is 0.751. The molecular formula is C16H13F6NO5. The van der Waals surface area contributed by atoms with Crippen LogP contribution in [0, 0.1) is 0 Å². The minimum Gasteiger partial charge on any atom is -0.466 e. The van der Waals surface area contributed by atoms with Crippen molar-refractivity contribution in [3.05, 3.63) is 40.6 Å². The number of anilines is 1. The highest BCUT2D eigenvalue weighted by atomic mass is 19.4. The van der Waals surface area contributed by atoms with E-state index in [0.717, 1.165) is 14.2 Å². The van der Waals surface area contributed by atoms with Crippen molar-refractivity contribution >= 4 is 17.6 Å². The lowest BCUT2D eigenvalue weighted by Gasteiger charge is -2.32. The SMILES string of the molecule is COC(=O)C1=C(C(=O)OC)N(c2cc(C(F)(F)F)cc(C(F)(F)F)c2)COC1. The van der Waals surface area contributed by atoms with Crippen LogP contribution >= 0.6 is 0 Å². The molecule has 0 aliphatic carbocycles. The van der Waals surface area contributed by atoms with E-state index in [1.807, 2.05) is 0 Å². The van der Waals surface area contributed by atoms with Crippen molar-refractivity contribution in [1.82, 2.24) is 0 Å². The van der Waals surface area contributed by atoms with Crippen LogP contribution in [0.5, 0.6) is 0 Å². The van der Waals surface area contributed by atoms with Crippen molar-refractivity contribution < 1.29 is 50.1 Å². The lowest BCUT2D eigenvalue weighted by molar-refractivity contribution is -0.143. The second-order valence-corrected chi connectivity index (χ2v) is 5.48. The molecule has 1 aliphatic rings. The molecule has 0 amide bonds. The number of halogens is 6. The molecule has 0 fully saturated rings. The largest absolute Gasteiger partial charge is 0.466 e. The smallest absolute Gasteiger partial charge is 0.416 e. The summed E-state index contributed by atoms with van der Waals surface area (Å²) in [7, 11) is 1.92. The van der Waals surface area contributed by atoms with Crippen molar-refractivity contribution in [2.45, 2.75) is 12.4 Å². The molecule has 0 saturated heterocycles. The van der Waals surface area contributed by atoms with Gasteiger partial charge in [0.15, 0.2) is 0 Å². The van der Waals surface area contributed by atoms with Crippen molar-refractivity contribution in [3.8, 4) is 0 Å². The third-order valence-corrected chi connectivity index (χ3v) is 3.72. The van der Waals surface area contributed by atoms with Gasteiger partial charge in [-0.3, -0.25) is 0 Å². The summed E-state index contributed by atoms with van der Waals surface area (Å²) >= 11 is 0. The Kier molecular flexibility index (Phi) is 5.92. The van der Waals surface area contributed by atoms with E-state index in [1.165, 1.54) is 0 Å². The van der Waals surface area contributed by atoms with Crippen LogP contribution in [0.4, 0.5) is 32.0 Å². The van der Waals surface area contributed by atoms with E-state index < -0.39 is 65.7 Å². The van der Waals surface area contributed by atoms with Crippen LogP contribution in [0.1, 0.15) is 11.1 Å². The van der Waals surface area contributed by atoms with Crippen LogP contribution < -0.4 is 4.90 Å². The van der Waals surface area contributed by atoms with Gasteiger partial charge in [0.1, 0.15) is 12.4 Å². The summed E-state index contributed by atoms with van der Waals surface area (Å²) in [5.74, 6) is -2.21. The summed E-state index contributed by atoms with van der Waals surface area (Å²) in [6.07, 6.45) is -10.2. The van der Waals surface area contributed by atoms with Crippen molar-refractivity contribution in [2.75, 3.05) is 32.5 Å². The van der Waals surface area contributed by atoms with Crippen molar-refractivity contribution in [1.29, 1.82) is 0 Å². The van der Waals surface area contributed by atoms with Gasteiger partial charge in [0.2, 0.25) is 0 Å². The van der Waals surface area contributed by atoms with Crippen molar-refractivity contribution in [2.24, 2.45) is 0 Å². The first kappa shape index (κ1) is 21.5. The zero-order valence-corrected chi connectivity index (χ0v) is 14.4. The van der Waals surface area contributed by atoms with Crippen LogP contribution in [0.2, 0.25) is 0 Å². The summed E-state index contributed by atoms with van der Waals surface area (Å²) < 4.78 is 92.6. The Morgan fingerprint density at radius 1 is 0.929 bits per heavy atom. The van der Waals surface area contributed by atoms with Gasteiger partial charge in [-0.15, -0.1) is 0 Å². The third kappa shape index (κ3) is 4.38. The molecule has 6 nitrogen and oxygen atoms in total. The molecule has 0 aromatic heterocycles. The molecule has 0 N–H and O–H groups in total. The van der Waals surface area contributed by atoms with Gasteiger partial charge < -0.3 is 19.1 Å². The molecule has 28 heavy (non-hydrogen) atoms. The maximum atomic E-state index is 13.1. The predicted molar refractivity (Wildman–Crippen MR) is 80.8 cm³/mol. The highest BCUT2D eigenvalue weighted by Gasteiger charge is 2.39. The summed E-state index contributed by atoms with van der Waals surface area (Å²) in [5.41, 5.74) is -4.83. The van der Waals surface area contributed by atoms with E-state index >= 15 is 0 Å². The number of ether oxygens (including phenoxy) is 3. The van der Waals surface area contributed by atoms with Gasteiger partial charge in [0.05, 0.1) is 37.5 Å². The summed E-state index contributed by atoms with van der Waals surface area (Å²) in [6.45, 7) is -1.04. The first-order valence-corrected chi connectivity index (χ1v) is 7.44. The Hall–Kier alpha value is -2.76. The molecule has 0 atom stereocenters. The lowest BCUT2D eigenvalue weighted by atomic mass is 10.1. The number of carbonyl (C=O) groups excluding carboxylic acids is 2. The van der Waals surface area contributed by atoms with E-state index in [-0.39, 0.29) is 6.07 Å². The Morgan fingerprint density at radius 3 is 1.86 bits per heavy atom. The monoisotopic (exact) mass is 413 g/mol. The maximum absolute atomic E-state index is 13.1. The Morgan fingerprint density at radius 2 is 1.43 bits per heavy atom. The summed E-state index contributed by atoms with van der Waals surface area (Å²) in [5, 5.41) is 0. The highest BCUT2D eigenvalue weighted by Crippen LogP contribution is 2.39. The van der Waals surface area contributed by atoms with Gasteiger partial charge in [-0.25, -0.2) is 9.59 Å². The van der Waals surface area contributed by atoms with Crippen LogP contribution in [-0.2, 0) is 36.2 Å². The fraction of sp³-hybridized carbons (Fsp3) is 0.375. The van der Waals surface area contributed by atoms with Gasteiger partial charge in [-0.2, -0.15) is 26.3 Å². The number of benzene rings is 1. The fourth-order valence-electron chi connectivity index (χ4n) is 2.44. The molecule has 1 aromatic carbocycles. The molecule has 1 aliphatic heterocycles. The number of rotatable bonds is 3. The number of methoxy groups -OCH3 is 2. The molecule has 1 heterocycles. The molecular weight excluding hydrogens is 400 g/mol. The van der Waals surface area contributed by atoms with Gasteiger partial charge in [-0.05, 0) is 18.2 Å². The third-order valence-electron chi connectivity index (χ3n) is 3.72. The molecule has 12 heteroatoms. The average molecular weight is 413 g/mol. The first-order valence-electron chi connectivity index (χ1n) is 7.44. The first-order chi connectivity index (χ1) is 12.9. The number of esters is 2. The molecule has 154 valence electrons. The van der Waals surface area contributed by atoms with Crippen LogP contribution in [0.3, 0.4) is 0 Å². The molecule has 0 bridgehead atoms. The molecule has 0 spiro atoms.